The van der Waals surface area contributed by atoms with E-state index in [1.165, 1.54) is 34.5 Å². The van der Waals surface area contributed by atoms with Crippen LogP contribution in [-0.4, -0.2) is 64.0 Å². The molecule has 1 aromatic heterocycles. The Morgan fingerprint density at radius 1 is 1.32 bits per heavy atom. The van der Waals surface area contributed by atoms with Crippen LogP contribution in [0.4, 0.5) is 4.39 Å². The normalized spacial score (nSPS) is 15.4. The number of hydrogen-bond donors (Lipinski definition) is 0. The van der Waals surface area contributed by atoms with E-state index >= 15 is 0 Å². The average molecular weight is 429 g/mol. The van der Waals surface area contributed by atoms with Crippen LogP contribution in [0, 0.1) is 5.82 Å². The van der Waals surface area contributed by atoms with Gasteiger partial charge >= 0.3 is 0 Å². The number of ether oxygens (including phenoxy) is 2. The predicted molar refractivity (Wildman–Crippen MR) is 103 cm³/mol. The van der Waals surface area contributed by atoms with Crippen molar-refractivity contribution in [1.29, 1.82) is 0 Å². The molecular formula is C18H21FN2O5S2. The van der Waals surface area contributed by atoms with Crippen molar-refractivity contribution < 1.29 is 27.1 Å². The summed E-state index contributed by atoms with van der Waals surface area (Å²) in [7, 11) is -0.850. The number of morpholine rings is 1. The maximum absolute atomic E-state index is 13.9. The fourth-order valence-corrected chi connectivity index (χ4v) is 5.71. The molecule has 1 saturated heterocycles. The second kappa shape index (κ2) is 8.56. The van der Waals surface area contributed by atoms with Gasteiger partial charge in [-0.2, -0.15) is 4.31 Å². The molecule has 1 aliphatic rings. The number of methoxy groups -OCH3 is 1. The van der Waals surface area contributed by atoms with Crippen molar-refractivity contribution in [3.63, 3.8) is 0 Å². The molecule has 28 heavy (non-hydrogen) atoms. The molecule has 1 aromatic carbocycles. The second-order valence-electron chi connectivity index (χ2n) is 6.26. The van der Waals surface area contributed by atoms with Crippen molar-refractivity contribution in [2.24, 2.45) is 0 Å². The predicted octanol–water partition coefficient (Wildman–Crippen LogP) is 2.19. The van der Waals surface area contributed by atoms with Crippen LogP contribution in [-0.2, 0) is 21.3 Å². The van der Waals surface area contributed by atoms with Gasteiger partial charge in [-0.05, 0) is 29.1 Å². The summed E-state index contributed by atoms with van der Waals surface area (Å²) in [5.74, 6) is -0.833. The molecule has 0 aliphatic carbocycles. The van der Waals surface area contributed by atoms with E-state index < -0.39 is 21.7 Å². The largest absolute Gasteiger partial charge is 0.494 e. The molecule has 7 nitrogen and oxygen atoms in total. The summed E-state index contributed by atoms with van der Waals surface area (Å²) in [5.41, 5.74) is 0.572. The van der Waals surface area contributed by atoms with Gasteiger partial charge in [0.25, 0.3) is 5.91 Å². The van der Waals surface area contributed by atoms with Crippen LogP contribution >= 0.6 is 11.3 Å². The first kappa shape index (κ1) is 20.7. The Hall–Kier alpha value is -2.01. The van der Waals surface area contributed by atoms with Gasteiger partial charge < -0.3 is 14.4 Å². The van der Waals surface area contributed by atoms with E-state index in [9.17, 15) is 17.6 Å². The molecule has 0 N–H and O–H groups in total. The maximum Gasteiger partial charge on any atom is 0.265 e. The number of sulfonamides is 1. The highest BCUT2D eigenvalue weighted by atomic mass is 32.2. The molecule has 0 bridgehead atoms. The standard InChI is InChI=1S/C18H21FN2O5S2/c1-20(12-13-3-4-15(25-2)14(19)11-13)18(22)17-16(5-10-27-17)28(23,24)21-6-8-26-9-7-21/h3-5,10-11H,6-9,12H2,1-2H3. The maximum atomic E-state index is 13.9. The van der Waals surface area contributed by atoms with E-state index in [1.54, 1.807) is 18.5 Å². The minimum absolute atomic E-state index is 0.00263. The molecular weight excluding hydrogens is 407 g/mol. The number of nitrogens with zero attached hydrogens (tertiary/aromatic N) is 2. The Labute approximate surface area is 167 Å². The van der Waals surface area contributed by atoms with E-state index in [0.717, 1.165) is 11.3 Å². The van der Waals surface area contributed by atoms with Crippen LogP contribution in [0.25, 0.3) is 0 Å². The summed E-state index contributed by atoms with van der Waals surface area (Å²) >= 11 is 1.07. The summed E-state index contributed by atoms with van der Waals surface area (Å²) in [5, 5.41) is 1.58. The van der Waals surface area contributed by atoms with Crippen molar-refractivity contribution in [3.05, 3.63) is 45.9 Å². The summed E-state index contributed by atoms with van der Waals surface area (Å²) < 4.78 is 51.1. The third-order valence-electron chi connectivity index (χ3n) is 4.39. The number of halogens is 1. The third kappa shape index (κ3) is 4.19. The molecule has 3 rings (SSSR count). The van der Waals surface area contributed by atoms with Gasteiger partial charge in [0.2, 0.25) is 10.0 Å². The molecule has 152 valence electrons. The summed E-state index contributed by atoms with van der Waals surface area (Å²) in [6, 6.07) is 5.89. The number of carbonyl (C=O) groups is 1. The van der Waals surface area contributed by atoms with Crippen LogP contribution in [0.5, 0.6) is 5.75 Å². The van der Waals surface area contributed by atoms with E-state index in [-0.39, 0.29) is 35.2 Å². The fourth-order valence-electron chi connectivity index (χ4n) is 2.91. The zero-order valence-electron chi connectivity index (χ0n) is 15.6. The molecule has 0 saturated carbocycles. The summed E-state index contributed by atoms with van der Waals surface area (Å²) in [6.45, 7) is 1.30. The van der Waals surface area contributed by atoms with Gasteiger partial charge in [0.05, 0.1) is 20.3 Å². The van der Waals surface area contributed by atoms with E-state index in [4.69, 9.17) is 9.47 Å². The second-order valence-corrected chi connectivity index (χ2v) is 9.08. The Morgan fingerprint density at radius 3 is 2.68 bits per heavy atom. The van der Waals surface area contributed by atoms with Crippen LogP contribution in [0.15, 0.2) is 34.5 Å². The minimum Gasteiger partial charge on any atom is -0.494 e. The molecule has 0 unspecified atom stereocenters. The van der Waals surface area contributed by atoms with E-state index in [0.29, 0.717) is 18.8 Å². The smallest absolute Gasteiger partial charge is 0.265 e. The Bertz CT molecular complexity index is 955. The topological polar surface area (TPSA) is 76.2 Å². The van der Waals surface area contributed by atoms with Crippen molar-refractivity contribution in [1.82, 2.24) is 9.21 Å². The van der Waals surface area contributed by atoms with Crippen LogP contribution in [0.1, 0.15) is 15.2 Å². The first-order valence-corrected chi connectivity index (χ1v) is 10.9. The third-order valence-corrected chi connectivity index (χ3v) is 7.37. The molecule has 0 atom stereocenters. The lowest BCUT2D eigenvalue weighted by Crippen LogP contribution is -2.41. The number of hydrogen-bond acceptors (Lipinski definition) is 6. The number of benzene rings is 1. The number of rotatable bonds is 6. The van der Waals surface area contributed by atoms with Crippen molar-refractivity contribution in [2.45, 2.75) is 11.4 Å². The lowest BCUT2D eigenvalue weighted by Gasteiger charge is -2.26. The van der Waals surface area contributed by atoms with Gasteiger partial charge in [0, 0.05) is 26.7 Å². The van der Waals surface area contributed by atoms with Gasteiger partial charge in [0.15, 0.2) is 11.6 Å². The fraction of sp³-hybridized carbons (Fsp3) is 0.389. The molecule has 0 radical (unpaired) electrons. The van der Waals surface area contributed by atoms with Gasteiger partial charge in [-0.1, -0.05) is 6.07 Å². The Balaban J connectivity index is 1.79. The quantitative estimate of drug-likeness (QED) is 0.705. The van der Waals surface area contributed by atoms with Crippen molar-refractivity contribution in [2.75, 3.05) is 40.5 Å². The number of thiophene rings is 1. The highest BCUT2D eigenvalue weighted by Gasteiger charge is 2.32. The van der Waals surface area contributed by atoms with Crippen LogP contribution < -0.4 is 4.74 Å². The molecule has 2 aromatic rings. The minimum atomic E-state index is -3.78. The monoisotopic (exact) mass is 428 g/mol. The molecule has 0 spiro atoms. The van der Waals surface area contributed by atoms with Crippen molar-refractivity contribution >= 4 is 27.3 Å². The Kier molecular flexibility index (Phi) is 6.33. The average Bonchev–Trinajstić information content (AvgIpc) is 3.19. The zero-order chi connectivity index (χ0) is 20.3. The summed E-state index contributed by atoms with van der Waals surface area (Å²) in [4.78, 5) is 14.4. The number of amides is 1. The molecule has 1 amide bonds. The van der Waals surface area contributed by atoms with Crippen molar-refractivity contribution in [3.8, 4) is 5.75 Å². The first-order chi connectivity index (χ1) is 13.3. The highest BCUT2D eigenvalue weighted by Crippen LogP contribution is 2.27. The zero-order valence-corrected chi connectivity index (χ0v) is 17.2. The number of carbonyl (C=O) groups excluding carboxylic acids is 1. The highest BCUT2D eigenvalue weighted by molar-refractivity contribution is 7.89. The molecule has 10 heteroatoms. The molecule has 1 aliphatic heterocycles. The van der Waals surface area contributed by atoms with Crippen LogP contribution in [0.2, 0.25) is 0 Å². The van der Waals surface area contributed by atoms with E-state index in [2.05, 4.69) is 0 Å². The van der Waals surface area contributed by atoms with Crippen LogP contribution in [0.3, 0.4) is 0 Å². The molecule has 2 heterocycles. The molecule has 1 fully saturated rings. The SMILES string of the molecule is COc1ccc(CN(C)C(=O)c2sccc2S(=O)(=O)N2CCOCC2)cc1F. The first-order valence-electron chi connectivity index (χ1n) is 8.58. The lowest BCUT2D eigenvalue weighted by atomic mass is 10.2. The summed E-state index contributed by atoms with van der Waals surface area (Å²) in [6.07, 6.45) is 0. The van der Waals surface area contributed by atoms with E-state index in [1.807, 2.05) is 0 Å². The Morgan fingerprint density at radius 2 is 2.04 bits per heavy atom. The van der Waals surface area contributed by atoms with Gasteiger partial charge in [0.1, 0.15) is 9.77 Å². The lowest BCUT2D eigenvalue weighted by molar-refractivity contribution is 0.0728. The van der Waals surface area contributed by atoms with Gasteiger partial charge in [-0.25, -0.2) is 12.8 Å². The van der Waals surface area contributed by atoms with Gasteiger partial charge in [-0.3, -0.25) is 4.79 Å². The van der Waals surface area contributed by atoms with Gasteiger partial charge in [-0.15, -0.1) is 11.3 Å².